The second kappa shape index (κ2) is 15.8. The predicted octanol–water partition coefficient (Wildman–Crippen LogP) is 0.623. The monoisotopic (exact) mass is 749 g/mol. The Hall–Kier alpha value is -4.47. The number of anilines is 1. The highest BCUT2D eigenvalue weighted by molar-refractivity contribution is 7.80. The number of aliphatic carboxylic acids is 1. The molecule has 276 valence electrons. The first-order valence-corrected chi connectivity index (χ1v) is 18.4. The van der Waals surface area contributed by atoms with Crippen LogP contribution >= 0.6 is 11.3 Å². The second-order valence-electron chi connectivity index (χ2n) is 12.7. The van der Waals surface area contributed by atoms with Crippen LogP contribution in [0.1, 0.15) is 38.8 Å². The summed E-state index contributed by atoms with van der Waals surface area (Å²) in [5.74, 6) is -3.22. The Morgan fingerprint density at radius 2 is 2.00 bits per heavy atom. The number of nitrogens with zero attached hydrogens (tertiary/aromatic N) is 5. The van der Waals surface area contributed by atoms with Crippen LogP contribution in [0, 0.1) is 11.8 Å². The van der Waals surface area contributed by atoms with Crippen molar-refractivity contribution in [3.63, 3.8) is 0 Å². The van der Waals surface area contributed by atoms with Crippen molar-refractivity contribution in [3.05, 3.63) is 47.7 Å². The molecule has 0 saturated carbocycles. The summed E-state index contributed by atoms with van der Waals surface area (Å²) in [4.78, 5) is 47.4. The molecule has 2 aliphatic rings. The molecular formula is C31H41N8O10S2+. The SMILES string of the molecule is CC1(C)C(CC(=O)/C(=N\OC(COc2ccc(-c3cn(CCCN)[n+](CC4CCNC4)c3)cc2)C(=O)O)c2csc(N)n2)C(=O)N1OS(=O)(=O)O. The molecule has 0 aliphatic carbocycles. The number of ketones is 1. The van der Waals surface area contributed by atoms with Crippen LogP contribution in [0.4, 0.5) is 5.13 Å². The number of oxime groups is 1. The van der Waals surface area contributed by atoms with E-state index in [1.807, 2.05) is 12.1 Å². The van der Waals surface area contributed by atoms with Gasteiger partial charge < -0.3 is 31.5 Å². The molecule has 3 atom stereocenters. The topological polar surface area (TPSA) is 255 Å². The fourth-order valence-electron chi connectivity index (χ4n) is 5.86. The summed E-state index contributed by atoms with van der Waals surface area (Å²) < 4.78 is 45.8. The molecule has 5 rings (SSSR count). The number of benzene rings is 1. The van der Waals surface area contributed by atoms with Crippen molar-refractivity contribution in [1.82, 2.24) is 20.0 Å². The fourth-order valence-corrected chi connectivity index (χ4v) is 6.86. The Morgan fingerprint density at radius 1 is 1.25 bits per heavy atom. The minimum Gasteiger partial charge on any atom is -0.489 e. The maximum Gasteiger partial charge on any atom is 0.418 e. The van der Waals surface area contributed by atoms with Gasteiger partial charge in [-0.25, -0.2) is 9.78 Å². The second-order valence-corrected chi connectivity index (χ2v) is 14.6. The van der Waals surface area contributed by atoms with Crippen LogP contribution in [0.25, 0.3) is 11.1 Å². The van der Waals surface area contributed by atoms with E-state index in [2.05, 4.69) is 41.5 Å². The van der Waals surface area contributed by atoms with Gasteiger partial charge in [0, 0.05) is 24.3 Å². The lowest BCUT2D eigenvalue weighted by molar-refractivity contribution is -0.780. The average molecular weight is 750 g/mol. The molecule has 2 fully saturated rings. The number of Topliss-reactive ketones (excluding diaryl/α,β-unsaturated/α-hetero) is 1. The molecule has 3 unspecified atom stereocenters. The largest absolute Gasteiger partial charge is 0.489 e. The average Bonchev–Trinajstić information content (AvgIpc) is 3.85. The molecule has 51 heavy (non-hydrogen) atoms. The van der Waals surface area contributed by atoms with E-state index in [9.17, 15) is 27.9 Å². The number of amides is 1. The van der Waals surface area contributed by atoms with Crippen LogP contribution in [0.15, 0.2) is 47.2 Å². The molecule has 20 heteroatoms. The standard InChI is InChI=1S/C31H40N8O10S2/c1-31(2)23(28(41)39(31)49-51(44,45)46)12-25(40)27(24-18-50-30(33)35-24)36-48-26(29(42)43)17-47-22-6-4-20(5-7-22)21-15-37(11-3-9-32)38(16-21)14-19-8-10-34-13-19/h4-7,15-16,18-19,23,26,34H,3,8-14,17,32H2,1-2H3,(H3-,33,35,42,43,44,45,46)/p+1/b36-27-. The number of rotatable bonds is 18. The quantitative estimate of drug-likeness (QED) is 0.0393. The number of aromatic nitrogens is 3. The predicted molar refractivity (Wildman–Crippen MR) is 182 cm³/mol. The molecule has 2 aliphatic heterocycles. The number of carboxylic acids is 1. The van der Waals surface area contributed by atoms with Gasteiger partial charge in [-0.2, -0.15) is 18.2 Å². The van der Waals surface area contributed by atoms with E-state index in [1.165, 1.54) is 19.2 Å². The number of ether oxygens (including phenoxy) is 1. The van der Waals surface area contributed by atoms with Crippen molar-refractivity contribution in [2.45, 2.75) is 57.8 Å². The number of nitrogens with one attached hydrogen (secondary N) is 1. The summed E-state index contributed by atoms with van der Waals surface area (Å²) in [6, 6.07) is 7.14. The summed E-state index contributed by atoms with van der Waals surface area (Å²) in [7, 11) is -4.99. The van der Waals surface area contributed by atoms with Crippen molar-refractivity contribution in [2.75, 3.05) is 32.0 Å². The highest BCUT2D eigenvalue weighted by Gasteiger charge is 2.57. The highest BCUT2D eigenvalue weighted by atomic mass is 32.3. The number of nitrogen functional groups attached to an aromatic ring is 1. The van der Waals surface area contributed by atoms with Gasteiger partial charge in [-0.05, 0) is 57.5 Å². The number of hydroxylamine groups is 2. The normalized spacial score (nSPS) is 19.5. The van der Waals surface area contributed by atoms with Gasteiger partial charge in [-0.3, -0.25) is 14.1 Å². The van der Waals surface area contributed by atoms with Gasteiger partial charge in [-0.15, -0.1) is 20.3 Å². The number of thiazole rings is 1. The van der Waals surface area contributed by atoms with E-state index in [-0.39, 0.29) is 10.8 Å². The van der Waals surface area contributed by atoms with Gasteiger partial charge in [0.2, 0.25) is 6.20 Å². The molecule has 1 aromatic carbocycles. The zero-order chi connectivity index (χ0) is 36.9. The number of nitrogens with two attached hydrogens (primary N) is 2. The van der Waals surface area contributed by atoms with E-state index >= 15 is 0 Å². The minimum absolute atomic E-state index is 0.0168. The molecule has 2 aromatic heterocycles. The van der Waals surface area contributed by atoms with Gasteiger partial charge in [0.1, 0.15) is 18.1 Å². The van der Waals surface area contributed by atoms with Crippen LogP contribution in [-0.2, 0) is 47.0 Å². The number of hydrogen-bond acceptors (Lipinski definition) is 14. The molecule has 2 saturated heterocycles. The number of hydrogen-bond donors (Lipinski definition) is 5. The van der Waals surface area contributed by atoms with E-state index < -0.39 is 64.4 Å². The number of carboxylic acid groups (broad SMARTS) is 1. The molecular weight excluding hydrogens is 709 g/mol. The van der Waals surface area contributed by atoms with Crippen molar-refractivity contribution < 1.29 is 51.0 Å². The third-order valence-corrected chi connectivity index (χ3v) is 9.71. The number of carbonyl (C=O) groups excluding carboxylic acids is 2. The van der Waals surface area contributed by atoms with Crippen LogP contribution < -0.4 is 26.2 Å². The zero-order valence-corrected chi connectivity index (χ0v) is 29.6. The number of β-lactam (4-membered cyclic amide) rings is 1. The molecule has 3 aromatic rings. The van der Waals surface area contributed by atoms with E-state index in [0.717, 1.165) is 61.5 Å². The summed E-state index contributed by atoms with van der Waals surface area (Å²) in [5, 5.41) is 19.0. The first kappa shape index (κ1) is 37.8. The van der Waals surface area contributed by atoms with Crippen molar-refractivity contribution in [3.8, 4) is 16.9 Å². The maximum atomic E-state index is 13.4. The molecule has 4 heterocycles. The van der Waals surface area contributed by atoms with Crippen LogP contribution in [0.3, 0.4) is 0 Å². The van der Waals surface area contributed by atoms with Crippen LogP contribution in [-0.4, -0.2) is 94.1 Å². The Labute approximate surface area is 297 Å². The van der Waals surface area contributed by atoms with Gasteiger partial charge in [0.25, 0.3) is 12.0 Å². The molecule has 7 N–H and O–H groups in total. The lowest BCUT2D eigenvalue weighted by Crippen LogP contribution is -2.68. The lowest BCUT2D eigenvalue weighted by Gasteiger charge is -2.50. The molecule has 18 nitrogen and oxygen atoms in total. The van der Waals surface area contributed by atoms with Gasteiger partial charge in [0.15, 0.2) is 23.2 Å². The van der Waals surface area contributed by atoms with Crippen molar-refractivity contribution in [1.29, 1.82) is 0 Å². The zero-order valence-electron chi connectivity index (χ0n) is 28.0. The van der Waals surface area contributed by atoms with Crippen molar-refractivity contribution in [2.24, 2.45) is 22.7 Å². The Morgan fingerprint density at radius 3 is 2.59 bits per heavy atom. The smallest absolute Gasteiger partial charge is 0.418 e. The van der Waals surface area contributed by atoms with Crippen LogP contribution in [0.5, 0.6) is 5.75 Å². The van der Waals surface area contributed by atoms with Gasteiger partial charge in [-0.1, -0.05) is 17.3 Å². The van der Waals surface area contributed by atoms with Gasteiger partial charge >= 0.3 is 16.4 Å². The molecule has 0 spiro atoms. The van der Waals surface area contributed by atoms with E-state index in [4.69, 9.17) is 25.6 Å². The van der Waals surface area contributed by atoms with Crippen molar-refractivity contribution >= 4 is 50.2 Å². The van der Waals surface area contributed by atoms with E-state index in [1.54, 1.807) is 12.1 Å². The number of aryl methyl sites for hydroxylation is 1. The Bertz CT molecular complexity index is 1870. The Kier molecular flexibility index (Phi) is 11.7. The third kappa shape index (κ3) is 9.26. The molecule has 0 bridgehead atoms. The van der Waals surface area contributed by atoms with E-state index in [0.29, 0.717) is 23.3 Å². The highest BCUT2D eigenvalue weighted by Crippen LogP contribution is 2.40. The maximum absolute atomic E-state index is 13.4. The summed E-state index contributed by atoms with van der Waals surface area (Å²) in [6.45, 7) is 6.66. The Balaban J connectivity index is 1.25. The van der Waals surface area contributed by atoms with Gasteiger partial charge in [0.05, 0.1) is 29.8 Å². The first-order valence-electron chi connectivity index (χ1n) is 16.1. The summed E-state index contributed by atoms with van der Waals surface area (Å²) in [5.41, 5.74) is 11.7. The number of carbonyl (C=O) groups is 3. The van der Waals surface area contributed by atoms with Crippen LogP contribution in [0.2, 0.25) is 0 Å². The lowest BCUT2D eigenvalue weighted by atomic mass is 9.74. The minimum atomic E-state index is -4.99. The molecule has 1 amide bonds. The third-order valence-electron chi connectivity index (χ3n) is 8.70. The molecule has 0 radical (unpaired) electrons. The first-order chi connectivity index (χ1) is 24.2. The summed E-state index contributed by atoms with van der Waals surface area (Å²) >= 11 is 0.993. The summed E-state index contributed by atoms with van der Waals surface area (Å²) in [6.07, 6.45) is 4.02. The fraction of sp³-hybridized carbons (Fsp3) is 0.484.